The molecule has 1 aromatic heterocycles. The van der Waals surface area contributed by atoms with E-state index in [1.54, 1.807) is 42.2 Å². The summed E-state index contributed by atoms with van der Waals surface area (Å²) in [6.07, 6.45) is 4.10. The molecule has 3 aromatic rings. The van der Waals surface area contributed by atoms with Crippen molar-refractivity contribution in [3.05, 3.63) is 83.9 Å². The minimum Gasteiger partial charge on any atom is -0.322 e. The van der Waals surface area contributed by atoms with Gasteiger partial charge in [-0.15, -0.1) is 0 Å². The number of aromatic nitrogens is 3. The normalized spacial score (nSPS) is 18.2. The second kappa shape index (κ2) is 8.39. The fourth-order valence-corrected chi connectivity index (χ4v) is 3.42. The van der Waals surface area contributed by atoms with Crippen LogP contribution in [0.5, 0.6) is 0 Å². The Morgan fingerprint density at radius 2 is 1.81 bits per heavy atom. The second-order valence-electron chi connectivity index (χ2n) is 7.62. The fourth-order valence-electron chi connectivity index (χ4n) is 3.42. The Morgan fingerprint density at radius 1 is 1.06 bits per heavy atom. The van der Waals surface area contributed by atoms with E-state index < -0.39 is 23.4 Å². The van der Waals surface area contributed by atoms with Crippen molar-refractivity contribution in [2.45, 2.75) is 31.8 Å². The Bertz CT molecular complexity index is 1080. The molecule has 0 bridgehead atoms. The van der Waals surface area contributed by atoms with Crippen molar-refractivity contribution in [3.8, 4) is 0 Å². The predicted molar refractivity (Wildman–Crippen MR) is 112 cm³/mol. The van der Waals surface area contributed by atoms with Crippen LogP contribution in [0.15, 0.2) is 67.3 Å². The largest absolute Gasteiger partial charge is 0.344 e. The van der Waals surface area contributed by atoms with E-state index in [4.69, 9.17) is 0 Å². The highest BCUT2D eigenvalue weighted by Gasteiger charge is 2.48. The molecule has 2 N–H and O–H groups in total. The van der Waals surface area contributed by atoms with Gasteiger partial charge in [0.1, 0.15) is 18.2 Å². The van der Waals surface area contributed by atoms with Crippen molar-refractivity contribution in [1.29, 1.82) is 0 Å². The van der Waals surface area contributed by atoms with E-state index in [0.717, 1.165) is 16.1 Å². The van der Waals surface area contributed by atoms with Crippen LogP contribution in [0.1, 0.15) is 34.8 Å². The monoisotopic (exact) mass is 418 g/mol. The highest BCUT2D eigenvalue weighted by molar-refractivity contribution is 6.09. The van der Waals surface area contributed by atoms with E-state index in [9.17, 15) is 14.4 Å². The Morgan fingerprint density at radius 3 is 2.48 bits per heavy atom. The van der Waals surface area contributed by atoms with E-state index in [-0.39, 0.29) is 0 Å². The van der Waals surface area contributed by atoms with Gasteiger partial charge in [-0.2, -0.15) is 10.1 Å². The Hall–Kier alpha value is -4.01. The molecule has 2 heterocycles. The molecule has 0 aliphatic carbocycles. The third-order valence-electron chi connectivity index (χ3n) is 5.26. The lowest BCUT2D eigenvalue weighted by atomic mass is 9.93. The van der Waals surface area contributed by atoms with Gasteiger partial charge >= 0.3 is 6.03 Å². The number of aryl methyl sites for hydroxylation is 1. The van der Waals surface area contributed by atoms with Gasteiger partial charge in [-0.1, -0.05) is 42.5 Å². The first-order valence-electron chi connectivity index (χ1n) is 9.87. The topological polar surface area (TPSA) is 109 Å². The summed E-state index contributed by atoms with van der Waals surface area (Å²) in [7, 11) is 0. The van der Waals surface area contributed by atoms with Gasteiger partial charge in [-0.05, 0) is 43.0 Å². The average molecular weight is 418 g/mol. The van der Waals surface area contributed by atoms with E-state index in [1.807, 2.05) is 30.3 Å². The number of benzene rings is 2. The maximum absolute atomic E-state index is 12.9. The van der Waals surface area contributed by atoms with Crippen LogP contribution in [0.4, 0.5) is 4.79 Å². The van der Waals surface area contributed by atoms with E-state index >= 15 is 0 Å². The average Bonchev–Trinajstić information content (AvgIpc) is 3.36. The summed E-state index contributed by atoms with van der Waals surface area (Å²) < 4.78 is 1.67. The highest BCUT2D eigenvalue weighted by atomic mass is 16.2. The number of amides is 4. The molecule has 1 fully saturated rings. The van der Waals surface area contributed by atoms with Crippen molar-refractivity contribution >= 4 is 17.8 Å². The molecule has 1 atom stereocenters. The zero-order valence-electron chi connectivity index (χ0n) is 17.0. The molecule has 31 heavy (non-hydrogen) atoms. The zero-order chi connectivity index (χ0) is 21.8. The molecule has 1 aliphatic rings. The number of nitrogens with zero attached hydrogens (tertiary/aromatic N) is 4. The van der Waals surface area contributed by atoms with Crippen LogP contribution in [-0.4, -0.2) is 43.2 Å². The van der Waals surface area contributed by atoms with Crippen LogP contribution in [0, 0.1) is 0 Å². The molecular weight excluding hydrogens is 396 g/mol. The molecule has 2 aromatic carbocycles. The third-order valence-corrected chi connectivity index (χ3v) is 5.26. The van der Waals surface area contributed by atoms with Crippen LogP contribution in [0.2, 0.25) is 0 Å². The van der Waals surface area contributed by atoms with Gasteiger partial charge < -0.3 is 5.32 Å². The van der Waals surface area contributed by atoms with Crippen molar-refractivity contribution in [1.82, 2.24) is 30.5 Å². The predicted octanol–water partition coefficient (Wildman–Crippen LogP) is 1.91. The number of urea groups is 1. The lowest BCUT2D eigenvalue weighted by Crippen LogP contribution is -2.48. The van der Waals surface area contributed by atoms with Gasteiger partial charge in [0.25, 0.3) is 11.8 Å². The molecular formula is C22H22N6O3. The highest BCUT2D eigenvalue weighted by Crippen LogP contribution is 2.22. The number of rotatable bonds is 7. The molecule has 1 aliphatic heterocycles. The molecule has 0 radical (unpaired) electrons. The summed E-state index contributed by atoms with van der Waals surface area (Å²) >= 11 is 0. The van der Waals surface area contributed by atoms with Crippen molar-refractivity contribution in [3.63, 3.8) is 0 Å². The minimum absolute atomic E-state index is 0.334. The van der Waals surface area contributed by atoms with Crippen LogP contribution < -0.4 is 10.7 Å². The molecule has 0 spiro atoms. The smallest absolute Gasteiger partial charge is 0.322 e. The maximum atomic E-state index is 12.9. The Labute approximate surface area is 179 Å². The third kappa shape index (κ3) is 4.45. The molecule has 158 valence electrons. The summed E-state index contributed by atoms with van der Waals surface area (Å²) in [4.78, 5) is 41.7. The molecule has 0 saturated carbocycles. The van der Waals surface area contributed by atoms with Crippen LogP contribution >= 0.6 is 0 Å². The Balaban J connectivity index is 1.38. The van der Waals surface area contributed by atoms with Gasteiger partial charge in [0, 0.05) is 5.56 Å². The van der Waals surface area contributed by atoms with Gasteiger partial charge in [-0.25, -0.2) is 14.5 Å². The van der Waals surface area contributed by atoms with Crippen molar-refractivity contribution in [2.75, 3.05) is 0 Å². The van der Waals surface area contributed by atoms with Gasteiger partial charge in [0.2, 0.25) is 0 Å². The van der Waals surface area contributed by atoms with E-state index in [0.29, 0.717) is 24.9 Å². The lowest BCUT2D eigenvalue weighted by Gasteiger charge is -2.21. The summed E-state index contributed by atoms with van der Waals surface area (Å²) in [5.74, 6) is -1.02. The minimum atomic E-state index is -1.08. The maximum Gasteiger partial charge on any atom is 0.344 e. The van der Waals surface area contributed by atoms with Crippen molar-refractivity contribution in [2.24, 2.45) is 0 Å². The molecule has 4 rings (SSSR count). The fraction of sp³-hybridized carbons (Fsp3) is 0.227. The molecule has 4 amide bonds. The summed E-state index contributed by atoms with van der Waals surface area (Å²) in [5, 5.41) is 7.50. The second-order valence-corrected chi connectivity index (χ2v) is 7.62. The van der Waals surface area contributed by atoms with E-state index in [1.165, 1.54) is 6.33 Å². The van der Waals surface area contributed by atoms with Crippen LogP contribution in [0.3, 0.4) is 0 Å². The quantitative estimate of drug-likeness (QED) is 0.570. The first kappa shape index (κ1) is 20.3. The van der Waals surface area contributed by atoms with Gasteiger partial charge in [0.15, 0.2) is 0 Å². The first-order valence-corrected chi connectivity index (χ1v) is 9.87. The zero-order valence-corrected chi connectivity index (χ0v) is 17.0. The molecule has 1 saturated heterocycles. The number of carbonyl (C=O) groups excluding carboxylic acids is 3. The number of hydrogen-bond acceptors (Lipinski definition) is 5. The number of imide groups is 1. The molecule has 9 heteroatoms. The summed E-state index contributed by atoms with van der Waals surface area (Å²) in [6.45, 7) is 2.19. The number of carbonyl (C=O) groups is 3. The number of hydrazine groups is 1. The summed E-state index contributed by atoms with van der Waals surface area (Å²) in [6, 6.07) is 15.9. The van der Waals surface area contributed by atoms with Crippen LogP contribution in [-0.2, 0) is 17.8 Å². The Kier molecular flexibility index (Phi) is 5.48. The molecule has 9 nitrogen and oxygen atoms in total. The van der Waals surface area contributed by atoms with E-state index in [2.05, 4.69) is 20.8 Å². The number of nitrogens with one attached hydrogen (secondary N) is 2. The van der Waals surface area contributed by atoms with Crippen LogP contribution in [0.25, 0.3) is 0 Å². The van der Waals surface area contributed by atoms with Crippen molar-refractivity contribution < 1.29 is 14.4 Å². The van der Waals surface area contributed by atoms with Gasteiger partial charge in [-0.3, -0.25) is 15.0 Å². The first-order chi connectivity index (χ1) is 14.9. The number of hydrogen-bond donors (Lipinski definition) is 2. The van der Waals surface area contributed by atoms with Gasteiger partial charge in [0.05, 0.1) is 6.54 Å². The standard InChI is InChI=1S/C22H22N6O3/c1-22(12-11-16-5-3-2-4-6-16)20(30)28(21(31)25-22)26-19(29)18-9-7-17(8-10-18)13-27-15-23-14-24-27/h2-10,14-15H,11-13H2,1H3,(H,25,31)(H,26,29). The lowest BCUT2D eigenvalue weighted by molar-refractivity contribution is -0.132. The summed E-state index contributed by atoms with van der Waals surface area (Å²) in [5.41, 5.74) is 3.68. The molecule has 1 unspecified atom stereocenters. The SMILES string of the molecule is CC1(CCc2ccccc2)NC(=O)N(NC(=O)c2ccc(Cn3cncn3)cc2)C1=O.